The molecule has 0 aromatic heterocycles. The van der Waals surface area contributed by atoms with Crippen LogP contribution in [-0.2, 0) is 10.0 Å². The number of nitrogens with one attached hydrogen (secondary N) is 1. The van der Waals surface area contributed by atoms with Crippen LogP contribution in [-0.4, -0.2) is 8.42 Å². The van der Waals surface area contributed by atoms with Gasteiger partial charge in [-0.15, -0.1) is 0 Å². The summed E-state index contributed by atoms with van der Waals surface area (Å²) in [5.74, 6) is -0.633. The van der Waals surface area contributed by atoms with Crippen molar-refractivity contribution in [1.82, 2.24) is 0 Å². The van der Waals surface area contributed by atoms with Crippen molar-refractivity contribution in [2.24, 2.45) is 0 Å². The standard InChI is InChI=1S/C14H14BrFN2O2S/c1-8-5-10(3-4-11(8)15)18-21(19,20)14-7-13(17)12(16)6-9(14)2/h3-7,18H,17H2,1-2H3. The van der Waals surface area contributed by atoms with E-state index in [1.165, 1.54) is 6.92 Å². The molecule has 0 aliphatic heterocycles. The summed E-state index contributed by atoms with van der Waals surface area (Å²) in [6, 6.07) is 7.31. The SMILES string of the molecule is Cc1cc(NS(=O)(=O)c2cc(N)c(F)cc2C)ccc1Br. The Kier molecular flexibility index (Phi) is 4.25. The van der Waals surface area contributed by atoms with Crippen LogP contribution < -0.4 is 10.5 Å². The highest BCUT2D eigenvalue weighted by Crippen LogP contribution is 2.25. The molecular formula is C14H14BrFN2O2S. The van der Waals surface area contributed by atoms with Gasteiger partial charge < -0.3 is 5.73 Å². The predicted octanol–water partition coefficient (Wildman–Crippen LogP) is 3.59. The second-order valence-electron chi connectivity index (χ2n) is 4.71. The predicted molar refractivity (Wildman–Crippen MR) is 85.2 cm³/mol. The maximum atomic E-state index is 13.3. The smallest absolute Gasteiger partial charge is 0.262 e. The number of halogens is 2. The summed E-state index contributed by atoms with van der Waals surface area (Å²) in [4.78, 5) is -0.0398. The largest absolute Gasteiger partial charge is 0.396 e. The van der Waals surface area contributed by atoms with Gasteiger partial charge in [-0.25, -0.2) is 12.8 Å². The number of nitrogens with two attached hydrogens (primary N) is 1. The highest BCUT2D eigenvalue weighted by Gasteiger charge is 2.19. The molecule has 2 rings (SSSR count). The molecule has 2 aromatic rings. The summed E-state index contributed by atoms with van der Waals surface area (Å²) >= 11 is 3.35. The fourth-order valence-corrected chi connectivity index (χ4v) is 3.44. The Morgan fingerprint density at radius 1 is 1.14 bits per heavy atom. The summed E-state index contributed by atoms with van der Waals surface area (Å²) in [7, 11) is -3.82. The van der Waals surface area contributed by atoms with Crippen molar-refractivity contribution in [1.29, 1.82) is 0 Å². The Balaban J connectivity index is 2.43. The van der Waals surface area contributed by atoms with E-state index in [9.17, 15) is 12.8 Å². The van der Waals surface area contributed by atoms with Crippen LogP contribution in [0.2, 0.25) is 0 Å². The van der Waals surface area contributed by atoms with E-state index in [-0.39, 0.29) is 10.6 Å². The summed E-state index contributed by atoms with van der Waals surface area (Å²) in [5.41, 5.74) is 6.87. The van der Waals surface area contributed by atoms with Gasteiger partial charge in [0.2, 0.25) is 0 Å². The van der Waals surface area contributed by atoms with Gasteiger partial charge >= 0.3 is 0 Å². The van der Waals surface area contributed by atoms with Gasteiger partial charge in [0.05, 0.1) is 10.6 Å². The fraction of sp³-hybridized carbons (Fsp3) is 0.143. The minimum absolute atomic E-state index is 0.0398. The van der Waals surface area contributed by atoms with Crippen molar-refractivity contribution in [2.45, 2.75) is 18.7 Å². The first kappa shape index (κ1) is 15.8. The molecule has 0 bridgehead atoms. The third-order valence-corrected chi connectivity index (χ3v) is 5.41. The van der Waals surface area contributed by atoms with Gasteiger partial charge in [-0.05, 0) is 55.3 Å². The summed E-state index contributed by atoms with van der Waals surface area (Å²) in [5, 5.41) is 0. The first-order valence-corrected chi connectivity index (χ1v) is 8.33. The molecule has 0 heterocycles. The van der Waals surface area contributed by atoms with Crippen LogP contribution in [0.1, 0.15) is 11.1 Å². The van der Waals surface area contributed by atoms with Gasteiger partial charge in [-0.3, -0.25) is 4.72 Å². The maximum Gasteiger partial charge on any atom is 0.262 e. The van der Waals surface area contributed by atoms with Gasteiger partial charge in [-0.1, -0.05) is 15.9 Å². The van der Waals surface area contributed by atoms with E-state index in [4.69, 9.17) is 5.73 Å². The second kappa shape index (κ2) is 5.65. The van der Waals surface area contributed by atoms with Crippen LogP contribution in [0, 0.1) is 19.7 Å². The minimum atomic E-state index is -3.82. The topological polar surface area (TPSA) is 72.2 Å². The third-order valence-electron chi connectivity index (χ3n) is 2.99. The Morgan fingerprint density at radius 2 is 1.81 bits per heavy atom. The fourth-order valence-electron chi connectivity index (χ4n) is 1.88. The molecule has 3 N–H and O–H groups in total. The number of sulfonamides is 1. The molecule has 0 atom stereocenters. The Bertz CT molecular complexity index is 807. The number of hydrogen-bond donors (Lipinski definition) is 2. The van der Waals surface area contributed by atoms with Crippen LogP contribution in [0.4, 0.5) is 15.8 Å². The van der Waals surface area contributed by atoms with Gasteiger partial charge in [-0.2, -0.15) is 0 Å². The lowest BCUT2D eigenvalue weighted by Gasteiger charge is -2.12. The van der Waals surface area contributed by atoms with E-state index in [0.29, 0.717) is 11.3 Å². The average molecular weight is 373 g/mol. The molecule has 0 saturated carbocycles. The van der Waals surface area contributed by atoms with E-state index < -0.39 is 15.8 Å². The van der Waals surface area contributed by atoms with Crippen LogP contribution in [0.5, 0.6) is 0 Å². The highest BCUT2D eigenvalue weighted by atomic mass is 79.9. The molecule has 0 aliphatic rings. The van der Waals surface area contributed by atoms with E-state index in [2.05, 4.69) is 20.7 Å². The van der Waals surface area contributed by atoms with Crippen molar-refractivity contribution in [2.75, 3.05) is 10.5 Å². The molecule has 0 amide bonds. The zero-order valence-electron chi connectivity index (χ0n) is 11.4. The summed E-state index contributed by atoms with van der Waals surface area (Å²) < 4.78 is 41.4. The normalized spacial score (nSPS) is 11.4. The number of rotatable bonds is 3. The van der Waals surface area contributed by atoms with E-state index in [1.54, 1.807) is 18.2 Å². The molecular weight excluding hydrogens is 359 g/mol. The first-order valence-electron chi connectivity index (χ1n) is 6.05. The molecule has 112 valence electrons. The number of hydrogen-bond acceptors (Lipinski definition) is 3. The number of aryl methyl sites for hydroxylation is 2. The lowest BCUT2D eigenvalue weighted by atomic mass is 10.2. The van der Waals surface area contributed by atoms with Crippen LogP contribution >= 0.6 is 15.9 Å². The third kappa shape index (κ3) is 3.36. The number of nitrogen functional groups attached to an aromatic ring is 1. The lowest BCUT2D eigenvalue weighted by Crippen LogP contribution is -2.15. The Hall–Kier alpha value is -1.60. The van der Waals surface area contributed by atoms with E-state index in [0.717, 1.165) is 22.2 Å². The maximum absolute atomic E-state index is 13.3. The van der Waals surface area contributed by atoms with Gasteiger partial charge in [0, 0.05) is 10.2 Å². The molecule has 21 heavy (non-hydrogen) atoms. The quantitative estimate of drug-likeness (QED) is 0.808. The van der Waals surface area contributed by atoms with Crippen molar-refractivity contribution in [3.05, 3.63) is 51.7 Å². The zero-order valence-corrected chi connectivity index (χ0v) is 13.8. The van der Waals surface area contributed by atoms with Crippen molar-refractivity contribution in [3.63, 3.8) is 0 Å². The molecule has 0 fully saturated rings. The van der Waals surface area contributed by atoms with Crippen LogP contribution in [0.15, 0.2) is 39.7 Å². The Morgan fingerprint density at radius 3 is 2.43 bits per heavy atom. The molecule has 0 radical (unpaired) electrons. The van der Waals surface area contributed by atoms with Crippen molar-refractivity contribution >= 4 is 37.3 Å². The highest BCUT2D eigenvalue weighted by molar-refractivity contribution is 9.10. The van der Waals surface area contributed by atoms with E-state index in [1.807, 2.05) is 6.92 Å². The first-order chi connectivity index (χ1) is 9.70. The van der Waals surface area contributed by atoms with Gasteiger partial charge in [0.15, 0.2) is 0 Å². The number of anilines is 2. The Labute approximate surface area is 131 Å². The number of benzene rings is 2. The van der Waals surface area contributed by atoms with Crippen molar-refractivity contribution in [3.8, 4) is 0 Å². The molecule has 0 saturated heterocycles. The zero-order chi connectivity index (χ0) is 15.8. The molecule has 7 heteroatoms. The summed E-state index contributed by atoms with van der Waals surface area (Å²) in [6.45, 7) is 3.37. The van der Waals surface area contributed by atoms with Crippen LogP contribution in [0.25, 0.3) is 0 Å². The molecule has 0 spiro atoms. The van der Waals surface area contributed by atoms with Crippen LogP contribution in [0.3, 0.4) is 0 Å². The van der Waals surface area contributed by atoms with E-state index >= 15 is 0 Å². The molecule has 4 nitrogen and oxygen atoms in total. The minimum Gasteiger partial charge on any atom is -0.396 e. The molecule has 0 aliphatic carbocycles. The molecule has 2 aromatic carbocycles. The second-order valence-corrected chi connectivity index (χ2v) is 7.21. The van der Waals surface area contributed by atoms with Gasteiger partial charge in [0.25, 0.3) is 10.0 Å². The lowest BCUT2D eigenvalue weighted by molar-refractivity contribution is 0.599. The monoisotopic (exact) mass is 372 g/mol. The average Bonchev–Trinajstić information content (AvgIpc) is 2.37. The van der Waals surface area contributed by atoms with Crippen molar-refractivity contribution < 1.29 is 12.8 Å². The van der Waals surface area contributed by atoms with Gasteiger partial charge in [0.1, 0.15) is 5.82 Å². The molecule has 0 unspecified atom stereocenters. The summed E-state index contributed by atoms with van der Waals surface area (Å²) in [6.07, 6.45) is 0.